The second kappa shape index (κ2) is 4.67. The molecule has 0 bridgehead atoms. The molecule has 2 nitrogen and oxygen atoms in total. The molecule has 1 heterocycles. The minimum absolute atomic E-state index is 0.337. The van der Waals surface area contributed by atoms with E-state index in [1.54, 1.807) is 30.0 Å². The summed E-state index contributed by atoms with van der Waals surface area (Å²) in [6.07, 6.45) is 1.75. The second-order valence-electron chi connectivity index (χ2n) is 4.16. The Balaban J connectivity index is 2.36. The normalized spacial score (nSPS) is 17.1. The van der Waals surface area contributed by atoms with Gasteiger partial charge in [-0.05, 0) is 29.0 Å². The summed E-state index contributed by atoms with van der Waals surface area (Å²) in [6, 6.07) is 4.99. The number of hydrogen-bond donors (Lipinski definition) is 0. The third kappa shape index (κ3) is 2.54. The van der Waals surface area contributed by atoms with Crippen LogP contribution >= 0.6 is 23.4 Å². The van der Waals surface area contributed by atoms with Crippen LogP contribution in [0.25, 0.3) is 6.08 Å². The molecule has 0 radical (unpaired) electrons. The number of fused-ring (bicyclic) bond motifs is 1. The van der Waals surface area contributed by atoms with E-state index in [1.165, 1.54) is 6.07 Å². The molecular formula is C12H13ClO2S2. The maximum Gasteiger partial charge on any atom is 0.204 e. The van der Waals surface area contributed by atoms with Crippen molar-refractivity contribution in [3.63, 3.8) is 0 Å². The highest BCUT2D eigenvalue weighted by molar-refractivity contribution is 8.02. The molecule has 0 spiro atoms. The molecule has 5 heteroatoms. The zero-order chi connectivity index (χ0) is 12.6. The Bertz CT molecular complexity index is 574. The fourth-order valence-corrected chi connectivity index (χ4v) is 4.55. The van der Waals surface area contributed by atoms with Crippen LogP contribution in [0.3, 0.4) is 0 Å². The molecule has 1 aliphatic heterocycles. The first-order valence-corrected chi connectivity index (χ1v) is 8.19. The van der Waals surface area contributed by atoms with E-state index in [0.717, 1.165) is 5.56 Å². The molecule has 1 aromatic carbocycles. The van der Waals surface area contributed by atoms with Crippen LogP contribution in [-0.4, -0.2) is 19.4 Å². The third-order valence-electron chi connectivity index (χ3n) is 2.49. The van der Waals surface area contributed by atoms with Crippen LogP contribution in [0, 0.1) is 0 Å². The lowest BCUT2D eigenvalue weighted by atomic mass is 10.2. The van der Waals surface area contributed by atoms with Gasteiger partial charge in [-0.2, -0.15) is 11.8 Å². The quantitative estimate of drug-likeness (QED) is 0.852. The van der Waals surface area contributed by atoms with Gasteiger partial charge in [-0.15, -0.1) is 0 Å². The van der Waals surface area contributed by atoms with Crippen molar-refractivity contribution in [1.82, 2.24) is 0 Å². The Labute approximate surface area is 111 Å². The number of rotatable bonds is 3. The molecule has 92 valence electrons. The monoisotopic (exact) mass is 288 g/mol. The van der Waals surface area contributed by atoms with Crippen molar-refractivity contribution in [3.8, 4) is 0 Å². The molecule has 0 fully saturated rings. The van der Waals surface area contributed by atoms with E-state index in [9.17, 15) is 8.42 Å². The predicted octanol–water partition coefficient (Wildman–Crippen LogP) is 3.61. The van der Waals surface area contributed by atoms with Crippen molar-refractivity contribution in [3.05, 3.63) is 33.7 Å². The average Bonchev–Trinajstić information content (AvgIpc) is 2.48. The van der Waals surface area contributed by atoms with Crippen LogP contribution in [0.2, 0.25) is 5.02 Å². The van der Waals surface area contributed by atoms with Crippen LogP contribution in [0.5, 0.6) is 0 Å². The Hall–Kier alpha value is -0.450. The fourth-order valence-electron chi connectivity index (χ4n) is 1.62. The summed E-state index contributed by atoms with van der Waals surface area (Å²) in [5.74, 6) is 0.520. The minimum atomic E-state index is -3.31. The van der Waals surface area contributed by atoms with Gasteiger partial charge in [0.15, 0.2) is 0 Å². The molecule has 17 heavy (non-hydrogen) atoms. The number of sulfone groups is 1. The zero-order valence-electron chi connectivity index (χ0n) is 9.60. The van der Waals surface area contributed by atoms with Crippen molar-refractivity contribution < 1.29 is 8.42 Å². The van der Waals surface area contributed by atoms with E-state index in [0.29, 0.717) is 25.8 Å². The highest BCUT2D eigenvalue weighted by Gasteiger charge is 2.29. The van der Waals surface area contributed by atoms with Crippen LogP contribution in [0.4, 0.5) is 0 Å². The Morgan fingerprint density at radius 3 is 2.71 bits per heavy atom. The van der Waals surface area contributed by atoms with Gasteiger partial charge in [0.2, 0.25) is 9.84 Å². The highest BCUT2D eigenvalue weighted by Crippen LogP contribution is 2.36. The molecule has 0 N–H and O–H groups in total. The zero-order valence-corrected chi connectivity index (χ0v) is 12.0. The summed E-state index contributed by atoms with van der Waals surface area (Å²) >= 11 is 7.46. The minimum Gasteiger partial charge on any atom is -0.219 e. The van der Waals surface area contributed by atoms with E-state index >= 15 is 0 Å². The number of halogens is 1. The van der Waals surface area contributed by atoms with E-state index < -0.39 is 9.84 Å². The number of benzene rings is 1. The molecule has 0 amide bonds. The fraction of sp³-hybridized carbons (Fsp3) is 0.333. The average molecular weight is 289 g/mol. The molecule has 0 atom stereocenters. The van der Waals surface area contributed by atoms with Gasteiger partial charge in [-0.25, -0.2) is 8.42 Å². The number of thioether (sulfide) groups is 1. The van der Waals surface area contributed by atoms with Crippen LogP contribution in [0.15, 0.2) is 28.0 Å². The summed E-state index contributed by atoms with van der Waals surface area (Å²) in [4.78, 5) is 0.817. The van der Waals surface area contributed by atoms with Crippen molar-refractivity contribution in [2.75, 3.05) is 5.75 Å². The maximum atomic E-state index is 12.2. The lowest BCUT2D eigenvalue weighted by Crippen LogP contribution is -2.04. The van der Waals surface area contributed by atoms with Gasteiger partial charge in [0.25, 0.3) is 0 Å². The first-order valence-electron chi connectivity index (χ1n) is 5.28. The van der Waals surface area contributed by atoms with E-state index in [-0.39, 0.29) is 0 Å². The largest absolute Gasteiger partial charge is 0.219 e. The Kier molecular flexibility index (Phi) is 3.57. The molecule has 0 saturated carbocycles. The lowest BCUT2D eigenvalue weighted by molar-refractivity contribution is 0.603. The molecule has 1 aromatic rings. The summed E-state index contributed by atoms with van der Waals surface area (Å²) in [5.41, 5.74) is 0.744. The topological polar surface area (TPSA) is 34.1 Å². The lowest BCUT2D eigenvalue weighted by Gasteiger charge is -2.06. The molecule has 0 aromatic heterocycles. The Morgan fingerprint density at radius 1 is 1.35 bits per heavy atom. The van der Waals surface area contributed by atoms with Gasteiger partial charge in [0.1, 0.15) is 0 Å². The SMILES string of the molecule is CC(C)SCC1=Cc2ccc(Cl)cc2S1(=O)=O. The summed E-state index contributed by atoms with van der Waals surface area (Å²) in [7, 11) is -3.31. The van der Waals surface area contributed by atoms with E-state index in [4.69, 9.17) is 11.6 Å². The third-order valence-corrected chi connectivity index (χ3v) is 5.93. The summed E-state index contributed by atoms with van der Waals surface area (Å²) < 4.78 is 24.4. The standard InChI is InChI=1S/C12H13ClO2S2/c1-8(2)16-7-11-5-9-3-4-10(13)6-12(9)17(11,14)15/h3-6,8H,7H2,1-2H3. The van der Waals surface area contributed by atoms with Crippen molar-refractivity contribution in [2.45, 2.75) is 24.0 Å². The smallest absolute Gasteiger partial charge is 0.204 e. The van der Waals surface area contributed by atoms with Crippen LogP contribution in [-0.2, 0) is 9.84 Å². The summed E-state index contributed by atoms with van der Waals surface area (Å²) in [6.45, 7) is 4.10. The van der Waals surface area contributed by atoms with Gasteiger partial charge in [-0.3, -0.25) is 0 Å². The van der Waals surface area contributed by atoms with Crippen LogP contribution in [0.1, 0.15) is 19.4 Å². The van der Waals surface area contributed by atoms with Gasteiger partial charge in [-0.1, -0.05) is 31.5 Å². The van der Waals surface area contributed by atoms with Gasteiger partial charge in [0, 0.05) is 10.8 Å². The first-order chi connectivity index (χ1) is 7.91. The van der Waals surface area contributed by atoms with Gasteiger partial charge >= 0.3 is 0 Å². The highest BCUT2D eigenvalue weighted by atomic mass is 35.5. The molecule has 1 aliphatic rings. The second-order valence-corrected chi connectivity index (χ2v) is 8.13. The Morgan fingerprint density at radius 2 is 2.06 bits per heavy atom. The molecule has 2 rings (SSSR count). The van der Waals surface area contributed by atoms with Crippen molar-refractivity contribution in [1.29, 1.82) is 0 Å². The van der Waals surface area contributed by atoms with E-state index in [2.05, 4.69) is 13.8 Å². The predicted molar refractivity (Wildman–Crippen MR) is 74.2 cm³/mol. The van der Waals surface area contributed by atoms with Gasteiger partial charge in [0.05, 0.1) is 9.80 Å². The molecule has 0 saturated heterocycles. The van der Waals surface area contributed by atoms with Crippen molar-refractivity contribution >= 4 is 39.3 Å². The molecule has 0 aliphatic carbocycles. The number of hydrogen-bond acceptors (Lipinski definition) is 3. The van der Waals surface area contributed by atoms with Crippen molar-refractivity contribution in [2.24, 2.45) is 0 Å². The molecule has 0 unspecified atom stereocenters. The summed E-state index contributed by atoms with van der Waals surface area (Å²) in [5, 5.41) is 0.872. The van der Waals surface area contributed by atoms with Gasteiger partial charge < -0.3 is 0 Å². The van der Waals surface area contributed by atoms with Crippen LogP contribution < -0.4 is 0 Å². The molecular weight excluding hydrogens is 276 g/mol. The van der Waals surface area contributed by atoms with E-state index in [1.807, 2.05) is 0 Å². The first kappa shape index (κ1) is 13.0. The maximum absolute atomic E-state index is 12.2.